The van der Waals surface area contributed by atoms with Crippen molar-refractivity contribution in [2.24, 2.45) is 5.92 Å². The summed E-state index contributed by atoms with van der Waals surface area (Å²) < 4.78 is 5.22. The molecule has 0 fully saturated rings. The molecule has 0 saturated heterocycles. The molecule has 2 rings (SSSR count). The summed E-state index contributed by atoms with van der Waals surface area (Å²) >= 11 is 0. The van der Waals surface area contributed by atoms with Gasteiger partial charge in [0.1, 0.15) is 23.5 Å². The number of carboxylic acid groups (broad SMARTS) is 1. The number of aromatic nitrogens is 1. The lowest BCUT2D eigenvalue weighted by Gasteiger charge is -2.27. The van der Waals surface area contributed by atoms with E-state index in [4.69, 9.17) is 4.74 Å². The Kier molecular flexibility index (Phi) is 7.59. The van der Waals surface area contributed by atoms with Crippen molar-refractivity contribution in [2.75, 3.05) is 11.4 Å². The highest BCUT2D eigenvalue weighted by molar-refractivity contribution is 6.03. The predicted molar refractivity (Wildman–Crippen MR) is 112 cm³/mol. The fourth-order valence-corrected chi connectivity index (χ4v) is 3.24. The van der Waals surface area contributed by atoms with E-state index in [2.05, 4.69) is 15.6 Å². The molecule has 3 N–H and O–H groups in total. The minimum atomic E-state index is -1.15. The van der Waals surface area contributed by atoms with Crippen molar-refractivity contribution in [1.29, 1.82) is 0 Å². The molecular weight excluding hydrogens is 404 g/mol. The average Bonchev–Trinajstić information content (AvgIpc) is 3.08. The Hall–Kier alpha value is -3.17. The van der Waals surface area contributed by atoms with Crippen LogP contribution in [-0.2, 0) is 25.5 Å². The first-order valence-corrected chi connectivity index (χ1v) is 10.2. The van der Waals surface area contributed by atoms with Gasteiger partial charge in [0.2, 0.25) is 11.8 Å². The highest BCUT2D eigenvalue weighted by Crippen LogP contribution is 2.29. The molecule has 0 saturated carbocycles. The smallest absolute Gasteiger partial charge is 0.408 e. The molecule has 3 atom stereocenters. The number of hydrogen-bond donors (Lipinski definition) is 3. The van der Waals surface area contributed by atoms with E-state index in [1.165, 1.54) is 6.20 Å². The van der Waals surface area contributed by atoms with Gasteiger partial charge in [-0.1, -0.05) is 26.3 Å². The lowest BCUT2D eigenvalue weighted by molar-refractivity contribution is -0.139. The van der Waals surface area contributed by atoms with Gasteiger partial charge < -0.3 is 20.5 Å². The monoisotopic (exact) mass is 434 g/mol. The minimum absolute atomic E-state index is 0.147. The summed E-state index contributed by atoms with van der Waals surface area (Å²) in [7, 11) is 0. The number of hydrogen-bond acceptors (Lipinski definition) is 6. The molecular formula is C21H30N4O6. The van der Waals surface area contributed by atoms with Gasteiger partial charge in [0.05, 0.1) is 6.54 Å². The summed E-state index contributed by atoms with van der Waals surface area (Å²) in [6.07, 6.45) is 1.49. The summed E-state index contributed by atoms with van der Waals surface area (Å²) in [6, 6.07) is 1.40. The van der Waals surface area contributed by atoms with Gasteiger partial charge in [0.15, 0.2) is 0 Å². The molecule has 0 aliphatic carbocycles. The lowest BCUT2D eigenvalue weighted by Crippen LogP contribution is -2.54. The van der Waals surface area contributed by atoms with Crippen LogP contribution in [-0.4, -0.2) is 58.2 Å². The van der Waals surface area contributed by atoms with Crippen LogP contribution in [0.25, 0.3) is 0 Å². The van der Waals surface area contributed by atoms with E-state index in [0.29, 0.717) is 12.0 Å². The zero-order chi connectivity index (χ0) is 23.3. The molecule has 0 bridgehead atoms. The molecule has 3 amide bonds. The van der Waals surface area contributed by atoms with Crippen molar-refractivity contribution in [1.82, 2.24) is 15.6 Å². The number of alkyl carbamates (subject to hydrolysis) is 1. The van der Waals surface area contributed by atoms with Crippen LogP contribution in [0.2, 0.25) is 0 Å². The first-order valence-electron chi connectivity index (χ1n) is 10.2. The number of anilines is 1. The number of nitrogens with zero attached hydrogens (tertiary/aromatic N) is 2. The van der Waals surface area contributed by atoms with Crippen molar-refractivity contribution in [3.8, 4) is 0 Å². The number of amides is 3. The second-order valence-electron chi connectivity index (χ2n) is 8.54. The Bertz CT molecular complexity index is 851. The largest absolute Gasteiger partial charge is 0.480 e. The number of carbonyl (C=O) groups is 4. The van der Waals surface area contributed by atoms with E-state index < -0.39 is 48.1 Å². The second kappa shape index (κ2) is 9.76. The summed E-state index contributed by atoms with van der Waals surface area (Å²) in [5.74, 6) is -2.25. The third-order valence-corrected chi connectivity index (χ3v) is 4.96. The van der Waals surface area contributed by atoms with Crippen molar-refractivity contribution in [3.63, 3.8) is 0 Å². The van der Waals surface area contributed by atoms with E-state index in [-0.39, 0.29) is 18.2 Å². The normalized spacial score (nSPS) is 17.3. The van der Waals surface area contributed by atoms with Gasteiger partial charge in [0, 0.05) is 12.6 Å². The van der Waals surface area contributed by atoms with Gasteiger partial charge in [0.25, 0.3) is 0 Å². The molecule has 1 aromatic rings. The van der Waals surface area contributed by atoms with Gasteiger partial charge in [-0.15, -0.1) is 0 Å². The fraction of sp³-hybridized carbons (Fsp3) is 0.571. The van der Waals surface area contributed by atoms with E-state index >= 15 is 0 Å². The number of fused-ring (bicyclic) bond motifs is 1. The molecule has 1 aliphatic heterocycles. The average molecular weight is 434 g/mol. The number of pyridine rings is 1. The summed E-state index contributed by atoms with van der Waals surface area (Å²) in [5.41, 5.74) is -0.0722. The fourth-order valence-electron chi connectivity index (χ4n) is 3.24. The zero-order valence-electron chi connectivity index (χ0n) is 18.5. The molecule has 0 radical (unpaired) electrons. The van der Waals surface area contributed by atoms with Crippen LogP contribution in [0.1, 0.15) is 46.6 Å². The van der Waals surface area contributed by atoms with E-state index in [9.17, 15) is 24.3 Å². The molecule has 10 nitrogen and oxygen atoms in total. The van der Waals surface area contributed by atoms with Crippen LogP contribution in [0.4, 0.5) is 10.6 Å². The quantitative estimate of drug-likeness (QED) is 0.591. The van der Waals surface area contributed by atoms with E-state index in [1.54, 1.807) is 39.8 Å². The van der Waals surface area contributed by atoms with Crippen LogP contribution >= 0.6 is 0 Å². The van der Waals surface area contributed by atoms with Crippen molar-refractivity contribution >= 4 is 29.7 Å². The predicted octanol–water partition coefficient (Wildman–Crippen LogP) is 1.48. The van der Waals surface area contributed by atoms with Gasteiger partial charge in [-0.25, -0.2) is 14.6 Å². The molecule has 31 heavy (non-hydrogen) atoms. The molecule has 170 valence electrons. The first-order chi connectivity index (χ1) is 14.4. The van der Waals surface area contributed by atoms with Gasteiger partial charge in [-0.2, -0.15) is 0 Å². The maximum absolute atomic E-state index is 12.8. The van der Waals surface area contributed by atoms with Gasteiger partial charge in [-0.05, 0) is 38.3 Å². The van der Waals surface area contributed by atoms with Crippen molar-refractivity contribution in [2.45, 2.75) is 65.1 Å². The Morgan fingerprint density at radius 2 is 2.00 bits per heavy atom. The van der Waals surface area contributed by atoms with Crippen molar-refractivity contribution < 1.29 is 29.0 Å². The highest BCUT2D eigenvalue weighted by atomic mass is 16.6. The zero-order valence-corrected chi connectivity index (χ0v) is 18.5. The molecule has 0 aromatic carbocycles. The molecule has 1 aliphatic rings. The van der Waals surface area contributed by atoms with E-state index in [0.717, 1.165) is 4.90 Å². The summed E-state index contributed by atoms with van der Waals surface area (Å²) in [6.45, 7) is 8.38. The third-order valence-electron chi connectivity index (χ3n) is 4.96. The number of rotatable bonds is 7. The number of nitrogens with one attached hydrogen (secondary N) is 2. The van der Waals surface area contributed by atoms with Crippen molar-refractivity contribution in [3.05, 3.63) is 23.9 Å². The maximum Gasteiger partial charge on any atom is 0.408 e. The standard InChI is InChI=1S/C21H30N4O6/c1-6-12(2)16(24-20(30)31-21(3,4)5)18(27)23-11-15(26)25-14(19(28)29)10-13-8-7-9-22-17(13)25/h7-9,12,14,16H,6,10-11H2,1-5H3,(H,23,27)(H,24,30)(H,28,29)/t12-,14?,16-/m0/s1. The minimum Gasteiger partial charge on any atom is -0.480 e. The Balaban J connectivity index is 2.08. The molecule has 2 heterocycles. The van der Waals surface area contributed by atoms with Crippen LogP contribution in [0, 0.1) is 5.92 Å². The molecule has 1 unspecified atom stereocenters. The molecule has 1 aromatic heterocycles. The number of carbonyl (C=O) groups excluding carboxylic acids is 3. The Labute approximate surface area is 181 Å². The van der Waals surface area contributed by atoms with Crippen LogP contribution in [0.5, 0.6) is 0 Å². The highest BCUT2D eigenvalue weighted by Gasteiger charge is 2.39. The van der Waals surface area contributed by atoms with E-state index in [1.807, 2.05) is 6.92 Å². The number of ether oxygens (including phenoxy) is 1. The first kappa shape index (κ1) is 24.1. The van der Waals surface area contributed by atoms with Gasteiger partial charge in [-0.3, -0.25) is 14.5 Å². The third kappa shape index (κ3) is 6.16. The maximum atomic E-state index is 12.8. The molecule has 10 heteroatoms. The van der Waals surface area contributed by atoms with Crippen LogP contribution in [0.15, 0.2) is 18.3 Å². The number of aliphatic carboxylic acids is 1. The Morgan fingerprint density at radius 3 is 2.58 bits per heavy atom. The SMILES string of the molecule is CC[C@H](C)[C@H](NC(=O)OC(C)(C)C)C(=O)NCC(=O)N1c2ncccc2CC1C(=O)O. The lowest BCUT2D eigenvalue weighted by atomic mass is 9.98. The summed E-state index contributed by atoms with van der Waals surface area (Å²) in [5, 5.41) is 14.6. The Morgan fingerprint density at radius 1 is 1.32 bits per heavy atom. The summed E-state index contributed by atoms with van der Waals surface area (Å²) in [4.78, 5) is 54.5. The van der Waals surface area contributed by atoms with Crippen LogP contribution in [0.3, 0.4) is 0 Å². The number of carboxylic acids is 1. The topological polar surface area (TPSA) is 138 Å². The second-order valence-corrected chi connectivity index (χ2v) is 8.54. The molecule has 0 spiro atoms. The van der Waals surface area contributed by atoms with Crippen LogP contribution < -0.4 is 15.5 Å². The van der Waals surface area contributed by atoms with Gasteiger partial charge >= 0.3 is 12.1 Å².